The van der Waals surface area contributed by atoms with E-state index in [1.165, 1.54) is 12.4 Å². The first-order chi connectivity index (χ1) is 15.9. The van der Waals surface area contributed by atoms with Crippen LogP contribution in [0.15, 0.2) is 79.1 Å². The average Bonchev–Trinajstić information content (AvgIpc) is 3.27. The van der Waals surface area contributed by atoms with Gasteiger partial charge >= 0.3 is 0 Å². The lowest BCUT2D eigenvalue weighted by molar-refractivity contribution is -0.111. The van der Waals surface area contributed by atoms with E-state index in [-0.39, 0.29) is 11.8 Å². The molecular weight excluding hydrogens is 434 g/mol. The minimum atomic E-state index is -1.76. The first-order valence-electron chi connectivity index (χ1n) is 9.90. The summed E-state index contributed by atoms with van der Waals surface area (Å²) in [6, 6.07) is 18.6. The maximum atomic E-state index is 14.0. The molecule has 0 bridgehead atoms. The summed E-state index contributed by atoms with van der Waals surface area (Å²) in [5.74, 6) is -6.64. The molecule has 0 spiro atoms. The molecule has 0 aliphatic rings. The number of rotatable bonds is 6. The van der Waals surface area contributed by atoms with Gasteiger partial charge in [0, 0.05) is 23.4 Å². The summed E-state index contributed by atoms with van der Waals surface area (Å²) in [6.45, 7) is -0.490. The zero-order chi connectivity index (χ0) is 23.4. The Labute approximate surface area is 186 Å². The van der Waals surface area contributed by atoms with Crippen LogP contribution >= 0.6 is 0 Å². The highest BCUT2D eigenvalue weighted by Gasteiger charge is 2.20. The minimum absolute atomic E-state index is 0.262. The molecule has 3 aromatic carbocycles. The molecule has 8 heteroatoms. The van der Waals surface area contributed by atoms with Gasteiger partial charge in [-0.05, 0) is 17.2 Å². The van der Waals surface area contributed by atoms with Crippen molar-refractivity contribution >= 4 is 23.2 Å². The predicted octanol–water partition coefficient (Wildman–Crippen LogP) is 5.67. The number of nitrogens with zero attached hydrogens (tertiary/aromatic N) is 2. The van der Waals surface area contributed by atoms with Crippen molar-refractivity contribution in [3.63, 3.8) is 0 Å². The molecule has 0 aliphatic carbocycles. The van der Waals surface area contributed by atoms with Gasteiger partial charge in [0.15, 0.2) is 17.5 Å². The molecule has 0 saturated heterocycles. The number of carbonyl (C=O) groups excluding carboxylic acids is 1. The highest BCUT2D eigenvalue weighted by Crippen LogP contribution is 2.22. The van der Waals surface area contributed by atoms with Gasteiger partial charge in [-0.1, -0.05) is 60.7 Å². The zero-order valence-corrected chi connectivity index (χ0v) is 17.1. The molecule has 0 aliphatic heterocycles. The first-order valence-corrected chi connectivity index (χ1v) is 9.90. The van der Waals surface area contributed by atoms with Crippen LogP contribution in [0.4, 0.5) is 23.2 Å². The Bertz CT molecular complexity index is 1320. The number of nitrogens with one attached hydrogen (secondary N) is 1. The second kappa shape index (κ2) is 9.52. The Morgan fingerprint density at radius 3 is 2.27 bits per heavy atom. The standard InChI is InChI=1S/C25H17F4N3O/c26-21-12-22(27)24(29)23(28)20(21)15-32-14-18(13-30-32)31-25(33)19(17-9-5-2-6-10-17)11-16-7-3-1-4-8-16/h1-14H,15H2,(H,31,33)/b19-11-. The van der Waals surface area contributed by atoms with Gasteiger partial charge in [-0.15, -0.1) is 0 Å². The minimum Gasteiger partial charge on any atom is -0.319 e. The maximum absolute atomic E-state index is 14.0. The van der Waals surface area contributed by atoms with Crippen LogP contribution in [0.3, 0.4) is 0 Å². The van der Waals surface area contributed by atoms with Crippen molar-refractivity contribution in [2.24, 2.45) is 0 Å². The molecule has 0 atom stereocenters. The van der Waals surface area contributed by atoms with Crippen LogP contribution in [0.5, 0.6) is 0 Å². The summed E-state index contributed by atoms with van der Waals surface area (Å²) in [4.78, 5) is 13.0. The number of carbonyl (C=O) groups is 1. The third-order valence-electron chi connectivity index (χ3n) is 4.86. The van der Waals surface area contributed by atoms with Gasteiger partial charge in [-0.3, -0.25) is 9.48 Å². The monoisotopic (exact) mass is 451 g/mol. The largest absolute Gasteiger partial charge is 0.319 e. The van der Waals surface area contributed by atoms with Crippen LogP contribution in [0, 0.1) is 23.3 Å². The maximum Gasteiger partial charge on any atom is 0.256 e. The molecule has 4 aromatic rings. The molecule has 1 N–H and O–H groups in total. The van der Waals surface area contributed by atoms with Crippen LogP contribution in [-0.4, -0.2) is 15.7 Å². The van der Waals surface area contributed by atoms with E-state index in [9.17, 15) is 22.4 Å². The van der Waals surface area contributed by atoms with Gasteiger partial charge in [-0.25, -0.2) is 17.6 Å². The molecule has 166 valence electrons. The molecule has 1 amide bonds. The van der Waals surface area contributed by atoms with Crippen LogP contribution in [0.25, 0.3) is 11.6 Å². The van der Waals surface area contributed by atoms with Crippen LogP contribution in [0.2, 0.25) is 0 Å². The summed E-state index contributed by atoms with van der Waals surface area (Å²) < 4.78 is 55.6. The van der Waals surface area contributed by atoms with E-state index in [1.807, 2.05) is 48.5 Å². The number of aromatic nitrogens is 2. The number of anilines is 1. The molecular formula is C25H17F4N3O. The molecule has 4 nitrogen and oxygen atoms in total. The van der Waals surface area contributed by atoms with Crippen molar-refractivity contribution < 1.29 is 22.4 Å². The highest BCUT2D eigenvalue weighted by molar-refractivity contribution is 6.29. The van der Waals surface area contributed by atoms with Crippen molar-refractivity contribution in [1.82, 2.24) is 9.78 Å². The van der Waals surface area contributed by atoms with Crippen molar-refractivity contribution in [3.8, 4) is 0 Å². The second-order valence-electron chi connectivity index (χ2n) is 7.16. The Kier molecular flexibility index (Phi) is 6.35. The van der Waals surface area contributed by atoms with Gasteiger partial charge < -0.3 is 5.32 Å². The summed E-state index contributed by atoms with van der Waals surface area (Å²) in [5.41, 5.74) is 1.50. The third kappa shape index (κ3) is 5.01. The van der Waals surface area contributed by atoms with E-state index in [1.54, 1.807) is 18.2 Å². The number of hydrogen-bond acceptors (Lipinski definition) is 2. The predicted molar refractivity (Wildman–Crippen MR) is 117 cm³/mol. The lowest BCUT2D eigenvalue weighted by atomic mass is 10.0. The Morgan fingerprint density at radius 2 is 1.58 bits per heavy atom. The summed E-state index contributed by atoms with van der Waals surface area (Å²) in [5, 5.41) is 6.65. The Hall–Kier alpha value is -4.20. The fourth-order valence-corrected chi connectivity index (χ4v) is 3.24. The van der Waals surface area contributed by atoms with Gasteiger partial charge in [-0.2, -0.15) is 5.10 Å². The van der Waals surface area contributed by atoms with Crippen molar-refractivity contribution in [1.29, 1.82) is 0 Å². The molecule has 1 aromatic heterocycles. The molecule has 4 rings (SSSR count). The van der Waals surface area contributed by atoms with Gasteiger partial charge in [0.2, 0.25) is 0 Å². The van der Waals surface area contributed by atoms with Gasteiger partial charge in [0.1, 0.15) is 5.82 Å². The number of hydrogen-bond donors (Lipinski definition) is 1. The van der Waals surface area contributed by atoms with Gasteiger partial charge in [0.25, 0.3) is 5.91 Å². The number of amides is 1. The fraction of sp³-hybridized carbons (Fsp3) is 0.0400. The molecule has 0 unspecified atom stereocenters. The normalized spacial score (nSPS) is 11.5. The zero-order valence-electron chi connectivity index (χ0n) is 17.1. The van der Waals surface area contributed by atoms with Gasteiger partial charge in [0.05, 0.1) is 18.4 Å². The number of benzene rings is 3. The molecule has 1 heterocycles. The quantitative estimate of drug-likeness (QED) is 0.135. The summed E-state index contributed by atoms with van der Waals surface area (Å²) in [7, 11) is 0. The van der Waals surface area contributed by atoms with E-state index in [2.05, 4.69) is 10.4 Å². The fourth-order valence-electron chi connectivity index (χ4n) is 3.24. The van der Waals surface area contributed by atoms with E-state index < -0.39 is 41.3 Å². The van der Waals surface area contributed by atoms with Crippen LogP contribution in [0.1, 0.15) is 16.7 Å². The SMILES string of the molecule is O=C(Nc1cnn(Cc2c(F)cc(F)c(F)c2F)c1)/C(=C\c1ccccc1)c1ccccc1. The smallest absolute Gasteiger partial charge is 0.256 e. The molecule has 0 saturated carbocycles. The lowest BCUT2D eigenvalue weighted by Gasteiger charge is -2.09. The van der Waals surface area contributed by atoms with Crippen molar-refractivity contribution in [2.45, 2.75) is 6.54 Å². The van der Waals surface area contributed by atoms with E-state index >= 15 is 0 Å². The molecule has 33 heavy (non-hydrogen) atoms. The lowest BCUT2D eigenvalue weighted by Crippen LogP contribution is -2.13. The Balaban J connectivity index is 1.57. The van der Waals surface area contributed by atoms with Crippen LogP contribution in [-0.2, 0) is 11.3 Å². The highest BCUT2D eigenvalue weighted by atomic mass is 19.2. The summed E-state index contributed by atoms with van der Waals surface area (Å²) >= 11 is 0. The average molecular weight is 451 g/mol. The summed E-state index contributed by atoms with van der Waals surface area (Å²) in [6.07, 6.45) is 4.36. The Morgan fingerprint density at radius 1 is 0.909 bits per heavy atom. The molecule has 0 radical (unpaired) electrons. The number of halogens is 4. The topological polar surface area (TPSA) is 46.9 Å². The van der Waals surface area contributed by atoms with Crippen LogP contribution < -0.4 is 5.32 Å². The molecule has 0 fully saturated rings. The van der Waals surface area contributed by atoms with E-state index in [4.69, 9.17) is 0 Å². The van der Waals surface area contributed by atoms with E-state index in [0.29, 0.717) is 11.1 Å². The first kappa shape index (κ1) is 22.0. The second-order valence-corrected chi connectivity index (χ2v) is 7.16. The van der Waals surface area contributed by atoms with E-state index in [0.717, 1.165) is 10.2 Å². The van der Waals surface area contributed by atoms with Crippen molar-refractivity contribution in [3.05, 3.63) is 119 Å². The third-order valence-corrected chi connectivity index (χ3v) is 4.86. The van der Waals surface area contributed by atoms with Crippen molar-refractivity contribution in [2.75, 3.05) is 5.32 Å².